The normalized spacial score (nSPS) is 11.2. The molecule has 3 nitrogen and oxygen atoms in total. The molecule has 0 amide bonds. The first-order chi connectivity index (χ1) is 6.42. The van der Waals surface area contributed by atoms with Crippen molar-refractivity contribution >= 4 is 11.6 Å². The molecule has 0 radical (unpaired) electrons. The maximum atomic E-state index is 11.8. The largest absolute Gasteiger partial charge is 0.573 e. The van der Waals surface area contributed by atoms with Gasteiger partial charge in [-0.05, 0) is 0 Å². The van der Waals surface area contributed by atoms with Crippen LogP contribution in [0, 0.1) is 0 Å². The Hall–Kier alpha value is -1.17. The average Bonchev–Trinajstić information content (AvgIpc) is 2.06. The molecule has 0 aliphatic rings. The average molecular weight is 228 g/mol. The molecule has 0 unspecified atom stereocenters. The molecule has 0 aliphatic heterocycles. The van der Waals surface area contributed by atoms with Crippen LogP contribution in [0.15, 0.2) is 12.3 Å². The second-order valence-corrected chi connectivity index (χ2v) is 2.57. The second kappa shape index (κ2) is 3.91. The third kappa shape index (κ3) is 2.95. The Labute approximate surface area is 82.4 Å². The Morgan fingerprint density at radius 2 is 2.07 bits per heavy atom. The molecule has 0 saturated heterocycles. The van der Waals surface area contributed by atoms with E-state index in [-0.39, 0.29) is 10.9 Å². The third-order valence-corrected chi connectivity index (χ3v) is 1.52. The molecule has 0 saturated carbocycles. The standard InChI is InChI=1S/C7H5ClF3NO2/c1-13-5-2-4(3-12-6(5)8)14-7(9,10)11/h2-3H,1H3. The zero-order chi connectivity index (χ0) is 10.8. The van der Waals surface area contributed by atoms with E-state index in [0.717, 1.165) is 12.3 Å². The van der Waals surface area contributed by atoms with E-state index in [1.54, 1.807) is 0 Å². The number of hydrogen-bond donors (Lipinski definition) is 0. The minimum Gasteiger partial charge on any atom is -0.493 e. The summed E-state index contributed by atoms with van der Waals surface area (Å²) in [5, 5.41) is -0.0259. The van der Waals surface area contributed by atoms with Gasteiger partial charge in [0.2, 0.25) is 0 Å². The predicted molar refractivity (Wildman–Crippen MR) is 42.5 cm³/mol. The Morgan fingerprint density at radius 1 is 1.43 bits per heavy atom. The van der Waals surface area contributed by atoms with Crippen LogP contribution in [-0.4, -0.2) is 18.5 Å². The van der Waals surface area contributed by atoms with Gasteiger partial charge in [-0.1, -0.05) is 11.6 Å². The van der Waals surface area contributed by atoms with Gasteiger partial charge in [-0.3, -0.25) is 0 Å². The predicted octanol–water partition coefficient (Wildman–Crippen LogP) is 2.64. The highest BCUT2D eigenvalue weighted by Gasteiger charge is 2.31. The van der Waals surface area contributed by atoms with Crippen LogP contribution in [0.2, 0.25) is 5.15 Å². The van der Waals surface area contributed by atoms with E-state index in [1.807, 2.05) is 0 Å². The van der Waals surface area contributed by atoms with E-state index in [1.165, 1.54) is 7.11 Å². The highest BCUT2D eigenvalue weighted by atomic mass is 35.5. The lowest BCUT2D eigenvalue weighted by atomic mass is 10.4. The molecule has 0 spiro atoms. The van der Waals surface area contributed by atoms with E-state index < -0.39 is 12.1 Å². The molecule has 0 aromatic carbocycles. The number of aromatic nitrogens is 1. The van der Waals surface area contributed by atoms with Crippen LogP contribution in [0.3, 0.4) is 0 Å². The fraction of sp³-hybridized carbons (Fsp3) is 0.286. The van der Waals surface area contributed by atoms with Gasteiger partial charge in [0, 0.05) is 6.07 Å². The zero-order valence-corrected chi connectivity index (χ0v) is 7.69. The lowest BCUT2D eigenvalue weighted by Gasteiger charge is -2.09. The van der Waals surface area contributed by atoms with Crippen molar-refractivity contribution < 1.29 is 22.6 Å². The molecule has 14 heavy (non-hydrogen) atoms. The Kier molecular flexibility index (Phi) is 3.05. The molecule has 1 heterocycles. The summed E-state index contributed by atoms with van der Waals surface area (Å²) in [4.78, 5) is 3.45. The van der Waals surface area contributed by atoms with E-state index >= 15 is 0 Å². The maximum absolute atomic E-state index is 11.8. The van der Waals surface area contributed by atoms with Crippen molar-refractivity contribution in [2.75, 3.05) is 7.11 Å². The van der Waals surface area contributed by atoms with Crippen molar-refractivity contribution in [2.24, 2.45) is 0 Å². The molecule has 1 aromatic rings. The molecule has 0 atom stereocenters. The number of halogens is 4. The Bertz CT molecular complexity index is 329. The number of rotatable bonds is 2. The van der Waals surface area contributed by atoms with Gasteiger partial charge in [-0.15, -0.1) is 13.2 Å². The van der Waals surface area contributed by atoms with E-state index in [0.29, 0.717) is 0 Å². The zero-order valence-electron chi connectivity index (χ0n) is 6.93. The van der Waals surface area contributed by atoms with E-state index in [2.05, 4.69) is 14.5 Å². The number of ether oxygens (including phenoxy) is 2. The molecule has 1 aromatic heterocycles. The summed E-state index contributed by atoms with van der Waals surface area (Å²) >= 11 is 5.49. The molecular formula is C7H5ClF3NO2. The van der Waals surface area contributed by atoms with Crippen molar-refractivity contribution in [1.82, 2.24) is 4.98 Å². The van der Waals surface area contributed by atoms with Gasteiger partial charge >= 0.3 is 6.36 Å². The molecule has 0 aliphatic carbocycles. The smallest absolute Gasteiger partial charge is 0.493 e. The van der Waals surface area contributed by atoms with Gasteiger partial charge in [0.25, 0.3) is 0 Å². The summed E-state index contributed by atoms with van der Waals surface area (Å²) in [5.41, 5.74) is 0. The van der Waals surface area contributed by atoms with E-state index in [4.69, 9.17) is 11.6 Å². The summed E-state index contributed by atoms with van der Waals surface area (Å²) < 4.78 is 43.5. The van der Waals surface area contributed by atoms with Crippen LogP contribution in [0.25, 0.3) is 0 Å². The summed E-state index contributed by atoms with van der Waals surface area (Å²) in [6.07, 6.45) is -3.89. The first-order valence-corrected chi connectivity index (χ1v) is 3.75. The van der Waals surface area contributed by atoms with Crippen LogP contribution in [0.1, 0.15) is 0 Å². The van der Waals surface area contributed by atoms with Crippen molar-refractivity contribution in [3.8, 4) is 11.5 Å². The highest BCUT2D eigenvalue weighted by Crippen LogP contribution is 2.29. The van der Waals surface area contributed by atoms with Crippen LogP contribution in [0.4, 0.5) is 13.2 Å². The second-order valence-electron chi connectivity index (χ2n) is 2.21. The van der Waals surface area contributed by atoms with Crippen molar-refractivity contribution in [2.45, 2.75) is 6.36 Å². The van der Waals surface area contributed by atoms with Gasteiger partial charge in [0.1, 0.15) is 0 Å². The number of nitrogens with zero attached hydrogens (tertiary/aromatic N) is 1. The van der Waals surface area contributed by atoms with Gasteiger partial charge in [0.05, 0.1) is 13.3 Å². The van der Waals surface area contributed by atoms with Crippen molar-refractivity contribution in [3.63, 3.8) is 0 Å². The molecule has 7 heteroatoms. The highest BCUT2D eigenvalue weighted by molar-refractivity contribution is 6.30. The lowest BCUT2D eigenvalue weighted by Crippen LogP contribution is -2.17. The van der Waals surface area contributed by atoms with E-state index in [9.17, 15) is 13.2 Å². The monoisotopic (exact) mass is 227 g/mol. The number of pyridine rings is 1. The van der Waals surface area contributed by atoms with Crippen LogP contribution in [0.5, 0.6) is 11.5 Å². The molecular weight excluding hydrogens is 223 g/mol. The molecule has 1 rings (SSSR count). The van der Waals surface area contributed by atoms with Crippen molar-refractivity contribution in [3.05, 3.63) is 17.4 Å². The first-order valence-electron chi connectivity index (χ1n) is 3.37. The maximum Gasteiger partial charge on any atom is 0.573 e. The first kappa shape index (κ1) is 10.9. The number of alkyl halides is 3. The summed E-state index contributed by atoms with van der Waals surface area (Å²) in [7, 11) is 1.26. The van der Waals surface area contributed by atoms with Crippen LogP contribution >= 0.6 is 11.6 Å². The number of methoxy groups -OCH3 is 1. The minimum atomic E-state index is -4.75. The van der Waals surface area contributed by atoms with Crippen LogP contribution < -0.4 is 9.47 Å². The van der Waals surface area contributed by atoms with Gasteiger partial charge < -0.3 is 9.47 Å². The molecule has 0 N–H and O–H groups in total. The van der Waals surface area contributed by atoms with Gasteiger partial charge in [-0.25, -0.2) is 4.98 Å². The van der Waals surface area contributed by atoms with Gasteiger partial charge in [-0.2, -0.15) is 0 Å². The van der Waals surface area contributed by atoms with Crippen LogP contribution in [-0.2, 0) is 0 Å². The lowest BCUT2D eigenvalue weighted by molar-refractivity contribution is -0.274. The van der Waals surface area contributed by atoms with Crippen molar-refractivity contribution in [1.29, 1.82) is 0 Å². The Morgan fingerprint density at radius 3 is 2.57 bits per heavy atom. The summed E-state index contributed by atoms with van der Waals surface area (Å²) in [6, 6.07) is 1.00. The summed E-state index contributed by atoms with van der Waals surface area (Å²) in [5.74, 6) is -0.452. The topological polar surface area (TPSA) is 31.4 Å². The molecule has 0 bridgehead atoms. The SMILES string of the molecule is COc1cc(OC(F)(F)F)cnc1Cl. The third-order valence-electron chi connectivity index (χ3n) is 1.24. The Balaban J connectivity index is 2.90. The molecule has 0 fully saturated rings. The van der Waals surface area contributed by atoms with Gasteiger partial charge in [0.15, 0.2) is 16.7 Å². The quantitative estimate of drug-likeness (QED) is 0.728. The summed E-state index contributed by atoms with van der Waals surface area (Å²) in [6.45, 7) is 0. The molecule has 78 valence electrons. The number of hydrogen-bond acceptors (Lipinski definition) is 3. The minimum absolute atomic E-state index is 0.0217. The fourth-order valence-electron chi connectivity index (χ4n) is 0.743. The fourth-order valence-corrected chi connectivity index (χ4v) is 0.923.